The highest BCUT2D eigenvalue weighted by molar-refractivity contribution is 5.99. The van der Waals surface area contributed by atoms with Crippen molar-refractivity contribution in [1.82, 2.24) is 50.2 Å². The Balaban J connectivity index is 4.27. The van der Waals surface area contributed by atoms with Gasteiger partial charge in [-0.05, 0) is 100 Å². The van der Waals surface area contributed by atoms with Gasteiger partial charge in [-0.2, -0.15) is 0 Å². The highest BCUT2D eigenvalue weighted by Crippen LogP contribution is 2.26. The van der Waals surface area contributed by atoms with Crippen molar-refractivity contribution >= 4 is 64.9 Å². The number of amides is 10. The molecule has 1 heterocycles. The predicted molar refractivity (Wildman–Crippen MR) is 328 cm³/mol. The third kappa shape index (κ3) is 21.9. The first-order chi connectivity index (χ1) is 38.8. The van der Waals surface area contributed by atoms with E-state index in [0.717, 1.165) is 0 Å². The number of likely N-dealkylation sites (N-methyl/N-ethyl adjacent to an activating group) is 7. The summed E-state index contributed by atoms with van der Waals surface area (Å²) in [4.78, 5) is 169. The van der Waals surface area contributed by atoms with E-state index in [0.29, 0.717) is 6.42 Å². The fraction of sp³-hybridized carbons (Fsp3) is 0.794. The van der Waals surface area contributed by atoms with Crippen molar-refractivity contribution in [2.75, 3.05) is 55.9 Å². The van der Waals surface area contributed by atoms with Gasteiger partial charge in [0.1, 0.15) is 48.3 Å². The Kier molecular flexibility index (Phi) is 31.6. The van der Waals surface area contributed by atoms with Gasteiger partial charge in [-0.1, -0.05) is 116 Å². The van der Waals surface area contributed by atoms with E-state index in [-0.39, 0.29) is 74.5 Å². The van der Waals surface area contributed by atoms with E-state index in [1.807, 2.05) is 81.4 Å². The first kappa shape index (κ1) is 76.1. The number of rotatable bonds is 15. The molecular weight excluding hydrogens is 1070 g/mol. The molecule has 0 aromatic heterocycles. The van der Waals surface area contributed by atoms with E-state index < -0.39 is 144 Å². The molecule has 1 aliphatic heterocycles. The number of hydrogen-bond donors (Lipinski definition) is 3. The van der Waals surface area contributed by atoms with Crippen LogP contribution in [0, 0.1) is 47.3 Å². The molecule has 1 saturated heterocycles. The second-order valence-corrected chi connectivity index (χ2v) is 26.4. The highest BCUT2D eigenvalue weighted by Gasteiger charge is 2.44. The van der Waals surface area contributed by atoms with Crippen molar-refractivity contribution < 1.29 is 52.7 Å². The monoisotopic (exact) mass is 1180 g/mol. The number of ketones is 1. The third-order valence-electron chi connectivity index (χ3n) is 16.2. The van der Waals surface area contributed by atoms with Gasteiger partial charge < -0.3 is 50.2 Å². The van der Waals surface area contributed by atoms with Crippen molar-refractivity contribution in [1.29, 1.82) is 0 Å². The predicted octanol–water partition coefficient (Wildman–Crippen LogP) is 5.39. The largest absolute Gasteiger partial charge is 0.344 e. The number of nitrogens with one attached hydrogen (secondary N) is 3. The van der Waals surface area contributed by atoms with Gasteiger partial charge >= 0.3 is 0 Å². The molecule has 11 atom stereocenters. The summed E-state index contributed by atoms with van der Waals surface area (Å²) in [6.45, 7) is 30.3. The quantitative estimate of drug-likeness (QED) is 0.176. The standard InChI is InChI=1S/C63H112N10O11/c1-25-27-28-42(15)33-48-56(77)65-45(26-2)59(80)67(18)35-52(75)68(19)47(30-37(5)6)57(78)66-53(40(11)12)62(83)69(20)46(29-36(3)4)51(74)34-43(16)55(76)64-44(17)58(79)71(22)49(31-38(7)8)60(81)72(23)50(32-39(9)10)61(82)73(24)54(41(13)14)63(84)70(48)21/h25,27,36-50,53-54H,26,28-35H2,1-24H3,(H,64,76)(H,65,77)(H,66,78)/b27-25+/t42?,43-,44-,45+,46+,47+,48+,49+,50+,53+,54+/m1/s1. The molecular formula is C63H112N10O11. The van der Waals surface area contributed by atoms with Crippen molar-refractivity contribution in [3.63, 3.8) is 0 Å². The molecule has 84 heavy (non-hydrogen) atoms. The molecule has 10 amide bonds. The van der Waals surface area contributed by atoms with Crippen LogP contribution < -0.4 is 16.0 Å². The van der Waals surface area contributed by atoms with E-state index >= 15 is 9.59 Å². The summed E-state index contributed by atoms with van der Waals surface area (Å²) in [5.74, 6) is -8.69. The van der Waals surface area contributed by atoms with Crippen LogP contribution in [-0.4, -0.2) is 209 Å². The fourth-order valence-electron chi connectivity index (χ4n) is 10.9. The Morgan fingerprint density at radius 3 is 1.36 bits per heavy atom. The lowest BCUT2D eigenvalue weighted by Gasteiger charge is -2.41. The second kappa shape index (κ2) is 34.9. The van der Waals surface area contributed by atoms with Crippen LogP contribution in [0.1, 0.15) is 169 Å². The maximum absolute atomic E-state index is 15.1. The zero-order valence-corrected chi connectivity index (χ0v) is 56.0. The molecule has 0 aromatic carbocycles. The number of Topliss-reactive ketones (excluding diaryl/α,β-unsaturated/α-hetero) is 1. The van der Waals surface area contributed by atoms with Gasteiger partial charge in [0.25, 0.3) is 0 Å². The van der Waals surface area contributed by atoms with Crippen LogP contribution >= 0.6 is 0 Å². The summed E-state index contributed by atoms with van der Waals surface area (Å²) in [6.07, 6.45) is 5.24. The number of carbonyl (C=O) groups excluding carboxylic acids is 11. The topological polar surface area (TPSA) is 247 Å². The van der Waals surface area contributed by atoms with Gasteiger partial charge in [-0.25, -0.2) is 0 Å². The molecule has 21 nitrogen and oxygen atoms in total. The molecule has 480 valence electrons. The minimum absolute atomic E-state index is 0.0779. The van der Waals surface area contributed by atoms with E-state index in [9.17, 15) is 43.2 Å². The van der Waals surface area contributed by atoms with Gasteiger partial charge in [0.15, 0.2) is 5.78 Å². The minimum atomic E-state index is -1.16. The van der Waals surface area contributed by atoms with Gasteiger partial charge in [-0.3, -0.25) is 52.7 Å². The van der Waals surface area contributed by atoms with Crippen LogP contribution in [0.5, 0.6) is 0 Å². The molecule has 1 fully saturated rings. The molecule has 0 spiro atoms. The summed E-state index contributed by atoms with van der Waals surface area (Å²) in [7, 11) is 10.3. The summed E-state index contributed by atoms with van der Waals surface area (Å²) in [5, 5.41) is 8.52. The van der Waals surface area contributed by atoms with Crippen LogP contribution in [0.3, 0.4) is 0 Å². The van der Waals surface area contributed by atoms with Crippen molar-refractivity contribution in [3.05, 3.63) is 12.2 Å². The zero-order chi connectivity index (χ0) is 65.1. The molecule has 0 aliphatic carbocycles. The summed E-state index contributed by atoms with van der Waals surface area (Å²) in [6, 6.07) is -9.98. The van der Waals surface area contributed by atoms with Gasteiger partial charge in [-0.15, -0.1) is 0 Å². The lowest BCUT2D eigenvalue weighted by molar-refractivity contribution is -0.156. The fourth-order valence-corrected chi connectivity index (χ4v) is 10.9. The van der Waals surface area contributed by atoms with Crippen LogP contribution in [0.15, 0.2) is 12.2 Å². The van der Waals surface area contributed by atoms with Crippen LogP contribution in [0.25, 0.3) is 0 Å². The Bertz CT molecular complexity index is 2280. The van der Waals surface area contributed by atoms with E-state index in [1.165, 1.54) is 90.6 Å². The molecule has 0 radical (unpaired) electrons. The SMILES string of the molecule is C/C=C/CC(C)C[C@H]1C(=O)N[C@@H](CC)C(=O)N(C)CC(=O)N(C)[C@@H](CC(C)C)C(=O)N[C@@H](C(C)C)C(=O)N(C)[C@@H](CC(C)C)C(=O)C[C@@H](C)C(=O)N[C@H](C)C(=O)N(C)[C@@H](CC(C)C)C(=O)N(C)[C@@H](CC(C)C)C(=O)N(C)[C@@H](C(C)C)C(=O)N1C. The molecule has 1 aliphatic rings. The first-order valence-electron chi connectivity index (χ1n) is 30.7. The molecule has 0 bridgehead atoms. The average molecular weight is 1190 g/mol. The maximum Gasteiger partial charge on any atom is 0.246 e. The van der Waals surface area contributed by atoms with Crippen molar-refractivity contribution in [2.24, 2.45) is 47.3 Å². The van der Waals surface area contributed by atoms with Crippen LogP contribution in [0.2, 0.25) is 0 Å². The minimum Gasteiger partial charge on any atom is -0.344 e. The van der Waals surface area contributed by atoms with Crippen LogP contribution in [0.4, 0.5) is 0 Å². The number of nitrogens with zero attached hydrogens (tertiary/aromatic N) is 7. The Hall–Kier alpha value is -5.89. The Labute approximate surface area is 504 Å². The van der Waals surface area contributed by atoms with Crippen molar-refractivity contribution in [2.45, 2.75) is 223 Å². The summed E-state index contributed by atoms with van der Waals surface area (Å²) in [5.41, 5.74) is 0. The molecule has 1 unspecified atom stereocenters. The Morgan fingerprint density at radius 2 is 0.893 bits per heavy atom. The molecule has 3 N–H and O–H groups in total. The van der Waals surface area contributed by atoms with Crippen LogP contribution in [-0.2, 0) is 52.7 Å². The average Bonchev–Trinajstić information content (AvgIpc) is 2.64. The summed E-state index contributed by atoms with van der Waals surface area (Å²) < 4.78 is 0. The zero-order valence-electron chi connectivity index (χ0n) is 56.0. The van der Waals surface area contributed by atoms with Gasteiger partial charge in [0, 0.05) is 61.7 Å². The number of carbonyl (C=O) groups is 11. The Morgan fingerprint density at radius 1 is 0.464 bits per heavy atom. The van der Waals surface area contributed by atoms with E-state index in [2.05, 4.69) is 16.0 Å². The third-order valence-corrected chi connectivity index (χ3v) is 16.2. The first-order valence-corrected chi connectivity index (χ1v) is 30.7. The van der Waals surface area contributed by atoms with Crippen molar-refractivity contribution in [3.8, 4) is 0 Å². The molecule has 0 aromatic rings. The van der Waals surface area contributed by atoms with E-state index in [1.54, 1.807) is 41.5 Å². The molecule has 0 saturated carbocycles. The van der Waals surface area contributed by atoms with E-state index in [4.69, 9.17) is 0 Å². The lowest BCUT2D eigenvalue weighted by atomic mass is 9.91. The normalized spacial score (nSPS) is 26.8. The highest BCUT2D eigenvalue weighted by atomic mass is 16.2. The number of allylic oxidation sites excluding steroid dienone is 2. The summed E-state index contributed by atoms with van der Waals surface area (Å²) >= 11 is 0. The molecule has 21 heteroatoms. The van der Waals surface area contributed by atoms with Gasteiger partial charge in [0.2, 0.25) is 59.1 Å². The van der Waals surface area contributed by atoms with Gasteiger partial charge in [0.05, 0.1) is 12.6 Å². The smallest absolute Gasteiger partial charge is 0.246 e. The lowest BCUT2D eigenvalue weighted by Crippen LogP contribution is -2.61. The molecule has 1 rings (SSSR count). The second-order valence-electron chi connectivity index (χ2n) is 26.4. The number of hydrogen-bond acceptors (Lipinski definition) is 11. The maximum atomic E-state index is 15.1.